The second kappa shape index (κ2) is 9.54. The van der Waals surface area contributed by atoms with E-state index in [0.717, 1.165) is 21.4 Å². The highest BCUT2D eigenvalue weighted by atomic mass is 31.2. The zero-order valence-corrected chi connectivity index (χ0v) is 19.5. The quantitative estimate of drug-likeness (QED) is 0.223. The standard InChI is InChI=1S/C18H21N3O12P2/c22-14-5-6-20(18(25)21(14)7-11-10-3-1-2-4-12(10)33-19-11)17-16(24)15(23)13(32-17)8-31-35(29,30)9-34(26,27)28/h1-6,13,15-17,23-24H,7-9H2,(H,29,30)(H2,26,27,28)/t13-,15?,16?,17-/m1/s1. The third-order valence-corrected chi connectivity index (χ3v) is 8.73. The van der Waals surface area contributed by atoms with Gasteiger partial charge in [0.2, 0.25) is 0 Å². The molecule has 1 aliphatic rings. The maximum Gasteiger partial charge on any atom is 0.340 e. The molecule has 0 aliphatic carbocycles. The fraction of sp³-hybridized carbons (Fsp3) is 0.389. The number of fused-ring (bicyclic) bond motifs is 1. The molecule has 0 saturated carbocycles. The molecule has 1 saturated heterocycles. The fourth-order valence-corrected chi connectivity index (χ4v) is 6.20. The Balaban J connectivity index is 1.56. The molecule has 5 N–H and O–H groups in total. The van der Waals surface area contributed by atoms with Crippen molar-refractivity contribution < 1.29 is 47.8 Å². The minimum Gasteiger partial charge on any atom is -0.387 e. The average Bonchev–Trinajstić information content (AvgIpc) is 3.30. The first-order valence-electron chi connectivity index (χ1n) is 10.0. The number of hydrogen-bond donors (Lipinski definition) is 5. The van der Waals surface area contributed by atoms with Gasteiger partial charge in [-0.15, -0.1) is 0 Å². The first kappa shape index (κ1) is 25.6. The molecule has 0 spiro atoms. The van der Waals surface area contributed by atoms with Gasteiger partial charge in [0, 0.05) is 17.6 Å². The molecular weight excluding hydrogens is 512 g/mol. The lowest BCUT2D eigenvalue weighted by Gasteiger charge is -2.19. The van der Waals surface area contributed by atoms with Gasteiger partial charge in [-0.1, -0.05) is 17.3 Å². The van der Waals surface area contributed by atoms with Gasteiger partial charge < -0.3 is 38.7 Å². The average molecular weight is 533 g/mol. The van der Waals surface area contributed by atoms with Crippen LogP contribution in [0.5, 0.6) is 0 Å². The van der Waals surface area contributed by atoms with E-state index in [1.807, 2.05) is 0 Å². The van der Waals surface area contributed by atoms with E-state index >= 15 is 0 Å². The van der Waals surface area contributed by atoms with Crippen molar-refractivity contribution in [3.05, 3.63) is 63.1 Å². The summed E-state index contributed by atoms with van der Waals surface area (Å²) < 4.78 is 39.7. The van der Waals surface area contributed by atoms with Crippen molar-refractivity contribution in [3.63, 3.8) is 0 Å². The summed E-state index contributed by atoms with van der Waals surface area (Å²) in [4.78, 5) is 52.8. The number of para-hydroxylation sites is 1. The van der Waals surface area contributed by atoms with E-state index in [1.54, 1.807) is 24.3 Å². The molecule has 0 amide bonds. The van der Waals surface area contributed by atoms with E-state index < -0.39 is 63.5 Å². The summed E-state index contributed by atoms with van der Waals surface area (Å²) in [5, 5.41) is 25.2. The summed E-state index contributed by atoms with van der Waals surface area (Å²) in [6, 6.07) is 7.86. The molecule has 4 rings (SSSR count). The molecule has 190 valence electrons. The van der Waals surface area contributed by atoms with Crippen LogP contribution in [0.4, 0.5) is 0 Å². The Labute approximate surface area is 195 Å². The summed E-state index contributed by atoms with van der Waals surface area (Å²) in [7, 11) is -9.62. The topological polar surface area (TPSA) is 224 Å². The van der Waals surface area contributed by atoms with Crippen LogP contribution in [0.15, 0.2) is 50.6 Å². The van der Waals surface area contributed by atoms with Crippen LogP contribution in [-0.2, 0) is 24.9 Å². The first-order valence-corrected chi connectivity index (χ1v) is 13.6. The van der Waals surface area contributed by atoms with E-state index in [2.05, 4.69) is 9.68 Å². The van der Waals surface area contributed by atoms with Crippen LogP contribution in [0.25, 0.3) is 11.0 Å². The zero-order chi connectivity index (χ0) is 25.5. The fourth-order valence-electron chi connectivity index (χ4n) is 3.63. The van der Waals surface area contributed by atoms with Gasteiger partial charge in [0.15, 0.2) is 17.7 Å². The number of ether oxygens (including phenoxy) is 1. The summed E-state index contributed by atoms with van der Waals surface area (Å²) in [6.07, 6.45) is -5.29. The number of hydrogen-bond acceptors (Lipinski definition) is 10. The van der Waals surface area contributed by atoms with Crippen LogP contribution in [0.2, 0.25) is 0 Å². The van der Waals surface area contributed by atoms with Crippen molar-refractivity contribution in [1.82, 2.24) is 14.3 Å². The molecule has 3 aromatic rings. The molecule has 1 aromatic carbocycles. The molecule has 2 aromatic heterocycles. The summed E-state index contributed by atoms with van der Waals surface area (Å²) in [5.41, 5.74) is -0.825. The van der Waals surface area contributed by atoms with E-state index in [4.69, 9.17) is 19.0 Å². The third kappa shape index (κ3) is 5.54. The predicted octanol–water partition coefficient (Wildman–Crippen LogP) is -0.844. The van der Waals surface area contributed by atoms with E-state index in [-0.39, 0.29) is 6.54 Å². The molecule has 15 nitrogen and oxygen atoms in total. The Bertz CT molecular complexity index is 1440. The summed E-state index contributed by atoms with van der Waals surface area (Å²) in [5.74, 6) is -1.45. The smallest absolute Gasteiger partial charge is 0.340 e. The third-order valence-electron chi connectivity index (χ3n) is 5.27. The van der Waals surface area contributed by atoms with Crippen LogP contribution in [-0.4, -0.2) is 70.0 Å². The van der Waals surface area contributed by atoms with Crippen LogP contribution < -0.4 is 11.2 Å². The lowest BCUT2D eigenvalue weighted by Crippen LogP contribution is -2.43. The maximum absolute atomic E-state index is 13.1. The lowest BCUT2D eigenvalue weighted by molar-refractivity contribution is -0.0530. The lowest BCUT2D eigenvalue weighted by atomic mass is 10.1. The van der Waals surface area contributed by atoms with Gasteiger partial charge >= 0.3 is 20.9 Å². The highest BCUT2D eigenvalue weighted by Gasteiger charge is 2.45. The number of nitrogens with zero attached hydrogens (tertiary/aromatic N) is 3. The molecule has 35 heavy (non-hydrogen) atoms. The van der Waals surface area contributed by atoms with Gasteiger partial charge in [-0.25, -0.2) is 4.79 Å². The highest BCUT2D eigenvalue weighted by molar-refractivity contribution is 7.70. The summed E-state index contributed by atoms with van der Waals surface area (Å²) >= 11 is 0. The number of benzene rings is 1. The molecule has 3 heterocycles. The van der Waals surface area contributed by atoms with E-state index in [0.29, 0.717) is 16.7 Å². The van der Waals surface area contributed by atoms with Crippen LogP contribution in [0.3, 0.4) is 0 Å². The van der Waals surface area contributed by atoms with Gasteiger partial charge in [-0.2, -0.15) is 0 Å². The van der Waals surface area contributed by atoms with Gasteiger partial charge in [-0.3, -0.25) is 23.1 Å². The van der Waals surface area contributed by atoms with Crippen LogP contribution in [0.1, 0.15) is 11.9 Å². The normalized spacial score (nSPS) is 24.6. The Kier molecular flexibility index (Phi) is 6.99. The van der Waals surface area contributed by atoms with E-state index in [9.17, 15) is 33.8 Å². The number of aliphatic hydroxyl groups is 2. The molecule has 0 radical (unpaired) electrons. The molecule has 3 unspecified atom stereocenters. The van der Waals surface area contributed by atoms with Crippen molar-refractivity contribution in [2.24, 2.45) is 0 Å². The van der Waals surface area contributed by atoms with Crippen molar-refractivity contribution in [1.29, 1.82) is 0 Å². The molecule has 1 fully saturated rings. The molecule has 1 aliphatic heterocycles. The molecule has 0 bridgehead atoms. The van der Waals surface area contributed by atoms with Gasteiger partial charge in [0.1, 0.15) is 24.0 Å². The van der Waals surface area contributed by atoms with Gasteiger partial charge in [0.25, 0.3) is 5.56 Å². The SMILES string of the molecule is O=c1ccn([C@@H]2O[C@H](COP(=O)(O)CP(=O)(O)O)C(O)C2O)c(=O)n1Cc1noc2ccccc12. The van der Waals surface area contributed by atoms with Crippen molar-refractivity contribution in [3.8, 4) is 0 Å². The molecular formula is C18H21N3O12P2. The first-order chi connectivity index (χ1) is 16.4. The van der Waals surface area contributed by atoms with Gasteiger partial charge in [0.05, 0.1) is 13.2 Å². The minimum atomic E-state index is -4.87. The summed E-state index contributed by atoms with van der Waals surface area (Å²) in [6.45, 7) is -1.08. The largest absolute Gasteiger partial charge is 0.387 e. The van der Waals surface area contributed by atoms with Crippen molar-refractivity contribution >= 4 is 26.2 Å². The zero-order valence-electron chi connectivity index (χ0n) is 17.7. The number of aromatic nitrogens is 3. The van der Waals surface area contributed by atoms with Crippen LogP contribution in [0, 0.1) is 0 Å². The number of aliphatic hydroxyl groups excluding tert-OH is 2. The molecule has 5 atom stereocenters. The van der Waals surface area contributed by atoms with Crippen LogP contribution >= 0.6 is 15.2 Å². The van der Waals surface area contributed by atoms with Crippen molar-refractivity contribution in [2.45, 2.75) is 31.1 Å². The Morgan fingerprint density at radius 3 is 2.49 bits per heavy atom. The second-order valence-electron chi connectivity index (χ2n) is 7.84. The Morgan fingerprint density at radius 2 is 1.77 bits per heavy atom. The van der Waals surface area contributed by atoms with Gasteiger partial charge in [-0.05, 0) is 12.1 Å². The van der Waals surface area contributed by atoms with Crippen molar-refractivity contribution in [2.75, 3.05) is 12.5 Å². The Hall–Kier alpha value is -2.45. The Morgan fingerprint density at radius 1 is 1.06 bits per heavy atom. The monoisotopic (exact) mass is 533 g/mol. The van der Waals surface area contributed by atoms with E-state index in [1.165, 1.54) is 0 Å². The highest BCUT2D eigenvalue weighted by Crippen LogP contribution is 2.55. The number of rotatable bonds is 8. The second-order valence-corrected chi connectivity index (χ2v) is 11.8. The molecule has 17 heteroatoms. The maximum atomic E-state index is 13.1. The predicted molar refractivity (Wildman–Crippen MR) is 117 cm³/mol. The minimum absolute atomic E-state index is 0.260.